The third-order valence-corrected chi connectivity index (χ3v) is 3.25. The van der Waals surface area contributed by atoms with Gasteiger partial charge in [0.2, 0.25) is 5.91 Å². The first-order chi connectivity index (χ1) is 7.61. The normalized spacial score (nSPS) is 24.1. The number of hydrogen-bond acceptors (Lipinski definition) is 3. The van der Waals surface area contributed by atoms with Gasteiger partial charge in [-0.2, -0.15) is 0 Å². The molecular formula is C12H25N3O. The van der Waals surface area contributed by atoms with E-state index in [1.54, 1.807) is 7.05 Å². The summed E-state index contributed by atoms with van der Waals surface area (Å²) >= 11 is 0. The van der Waals surface area contributed by atoms with Crippen LogP contribution in [-0.2, 0) is 4.79 Å². The van der Waals surface area contributed by atoms with E-state index in [1.807, 2.05) is 0 Å². The van der Waals surface area contributed by atoms with Crippen LogP contribution in [0.1, 0.15) is 26.2 Å². The molecule has 1 aliphatic rings. The first-order valence-electron chi connectivity index (χ1n) is 6.24. The van der Waals surface area contributed by atoms with E-state index in [0.717, 1.165) is 12.5 Å². The van der Waals surface area contributed by atoms with Gasteiger partial charge in [0, 0.05) is 26.1 Å². The lowest BCUT2D eigenvalue weighted by molar-refractivity contribution is -0.121. The van der Waals surface area contributed by atoms with Gasteiger partial charge < -0.3 is 15.5 Å². The van der Waals surface area contributed by atoms with Crippen molar-refractivity contribution < 1.29 is 4.79 Å². The van der Waals surface area contributed by atoms with Crippen LogP contribution < -0.4 is 10.6 Å². The van der Waals surface area contributed by atoms with Gasteiger partial charge in [-0.3, -0.25) is 4.79 Å². The van der Waals surface area contributed by atoms with Gasteiger partial charge in [0.15, 0.2) is 0 Å². The van der Waals surface area contributed by atoms with Crippen LogP contribution in [-0.4, -0.2) is 50.6 Å². The van der Waals surface area contributed by atoms with Gasteiger partial charge in [-0.15, -0.1) is 0 Å². The van der Waals surface area contributed by atoms with E-state index < -0.39 is 0 Å². The fraction of sp³-hybridized carbons (Fsp3) is 0.917. The van der Waals surface area contributed by atoms with Gasteiger partial charge in [0.1, 0.15) is 0 Å². The highest BCUT2D eigenvalue weighted by Crippen LogP contribution is 2.14. The molecule has 2 unspecified atom stereocenters. The van der Waals surface area contributed by atoms with Crippen molar-refractivity contribution in [3.05, 3.63) is 0 Å². The van der Waals surface area contributed by atoms with Crippen LogP contribution in [0.4, 0.5) is 0 Å². The Labute approximate surface area is 98.8 Å². The number of hydrogen-bond donors (Lipinski definition) is 2. The predicted octanol–water partition coefficient (Wildman–Crippen LogP) is 0.442. The van der Waals surface area contributed by atoms with Crippen molar-refractivity contribution in [3.8, 4) is 0 Å². The minimum absolute atomic E-state index is 0.112. The molecule has 1 fully saturated rings. The van der Waals surface area contributed by atoms with Crippen molar-refractivity contribution in [1.29, 1.82) is 0 Å². The highest BCUT2D eigenvalue weighted by atomic mass is 16.1. The Hall–Kier alpha value is -0.610. The Kier molecular flexibility index (Phi) is 5.77. The Morgan fingerprint density at radius 1 is 1.56 bits per heavy atom. The van der Waals surface area contributed by atoms with Gasteiger partial charge in [-0.05, 0) is 45.8 Å². The Balaban J connectivity index is 2.15. The molecule has 0 aliphatic carbocycles. The molecule has 4 heteroatoms. The summed E-state index contributed by atoms with van der Waals surface area (Å²) in [6.07, 6.45) is 3.18. The largest absolute Gasteiger partial charge is 0.359 e. The molecule has 2 atom stereocenters. The molecule has 16 heavy (non-hydrogen) atoms. The molecule has 0 aromatic carbocycles. The van der Waals surface area contributed by atoms with Crippen LogP contribution in [0.2, 0.25) is 0 Å². The maximum Gasteiger partial charge on any atom is 0.221 e. The quantitative estimate of drug-likeness (QED) is 0.716. The van der Waals surface area contributed by atoms with E-state index in [1.165, 1.54) is 25.9 Å². The Morgan fingerprint density at radius 2 is 2.31 bits per heavy atom. The third kappa shape index (κ3) is 4.94. The summed E-state index contributed by atoms with van der Waals surface area (Å²) in [5.41, 5.74) is 0. The molecule has 1 saturated heterocycles. The summed E-state index contributed by atoms with van der Waals surface area (Å²) in [6, 6.07) is 0.271. The lowest BCUT2D eigenvalue weighted by Gasteiger charge is -2.30. The van der Waals surface area contributed by atoms with Crippen molar-refractivity contribution in [2.45, 2.75) is 32.2 Å². The second kappa shape index (κ2) is 6.86. The minimum atomic E-state index is 0.112. The molecule has 0 radical (unpaired) electrons. The van der Waals surface area contributed by atoms with Crippen LogP contribution in [0.5, 0.6) is 0 Å². The monoisotopic (exact) mass is 227 g/mol. The molecule has 1 amide bonds. The second-order valence-electron chi connectivity index (χ2n) is 4.96. The SMILES string of the molecule is CNC(=O)CC(C)NCC1CCCN(C)C1. The van der Waals surface area contributed by atoms with E-state index in [9.17, 15) is 4.79 Å². The number of piperidine rings is 1. The molecule has 0 aromatic heterocycles. The van der Waals surface area contributed by atoms with E-state index in [4.69, 9.17) is 0 Å². The van der Waals surface area contributed by atoms with Gasteiger partial charge in [0.05, 0.1) is 0 Å². The van der Waals surface area contributed by atoms with Gasteiger partial charge in [-0.25, -0.2) is 0 Å². The molecular weight excluding hydrogens is 202 g/mol. The molecule has 0 aromatic rings. The fourth-order valence-electron chi connectivity index (χ4n) is 2.26. The number of rotatable bonds is 5. The second-order valence-corrected chi connectivity index (χ2v) is 4.96. The van der Waals surface area contributed by atoms with Crippen molar-refractivity contribution in [2.24, 2.45) is 5.92 Å². The van der Waals surface area contributed by atoms with E-state index >= 15 is 0 Å². The van der Waals surface area contributed by atoms with Crippen LogP contribution in [0.25, 0.3) is 0 Å². The molecule has 2 N–H and O–H groups in total. The number of nitrogens with zero attached hydrogens (tertiary/aromatic N) is 1. The van der Waals surface area contributed by atoms with Crippen molar-refractivity contribution in [2.75, 3.05) is 33.7 Å². The first kappa shape index (κ1) is 13.5. The van der Waals surface area contributed by atoms with Crippen molar-refractivity contribution >= 4 is 5.91 Å². The highest BCUT2D eigenvalue weighted by molar-refractivity contribution is 5.76. The highest BCUT2D eigenvalue weighted by Gasteiger charge is 2.17. The number of amides is 1. The van der Waals surface area contributed by atoms with Gasteiger partial charge in [0.25, 0.3) is 0 Å². The Morgan fingerprint density at radius 3 is 2.94 bits per heavy atom. The summed E-state index contributed by atoms with van der Waals surface area (Å²) < 4.78 is 0. The zero-order valence-electron chi connectivity index (χ0n) is 10.8. The van der Waals surface area contributed by atoms with Crippen molar-refractivity contribution in [3.63, 3.8) is 0 Å². The molecule has 0 spiro atoms. The summed E-state index contributed by atoms with van der Waals surface area (Å²) in [5.74, 6) is 0.853. The molecule has 94 valence electrons. The van der Waals surface area contributed by atoms with Crippen LogP contribution >= 0.6 is 0 Å². The number of carbonyl (C=O) groups is 1. The average molecular weight is 227 g/mol. The Bertz CT molecular complexity index is 220. The van der Waals surface area contributed by atoms with Crippen LogP contribution in [0.15, 0.2) is 0 Å². The van der Waals surface area contributed by atoms with Gasteiger partial charge in [-0.1, -0.05) is 0 Å². The van der Waals surface area contributed by atoms with E-state index in [0.29, 0.717) is 6.42 Å². The minimum Gasteiger partial charge on any atom is -0.359 e. The van der Waals surface area contributed by atoms with Crippen LogP contribution in [0, 0.1) is 5.92 Å². The smallest absolute Gasteiger partial charge is 0.221 e. The number of nitrogens with one attached hydrogen (secondary N) is 2. The summed E-state index contributed by atoms with van der Waals surface area (Å²) in [5, 5.41) is 6.10. The van der Waals surface area contributed by atoms with Gasteiger partial charge >= 0.3 is 0 Å². The maximum atomic E-state index is 11.2. The molecule has 0 bridgehead atoms. The molecule has 4 nitrogen and oxygen atoms in total. The first-order valence-corrected chi connectivity index (χ1v) is 6.24. The maximum absolute atomic E-state index is 11.2. The summed E-state index contributed by atoms with van der Waals surface area (Å²) in [4.78, 5) is 13.6. The molecule has 1 heterocycles. The summed E-state index contributed by atoms with van der Waals surface area (Å²) in [7, 11) is 3.87. The number of likely N-dealkylation sites (tertiary alicyclic amines) is 1. The number of carbonyl (C=O) groups excluding carboxylic acids is 1. The zero-order valence-corrected chi connectivity index (χ0v) is 10.8. The molecule has 1 aliphatic heterocycles. The fourth-order valence-corrected chi connectivity index (χ4v) is 2.26. The third-order valence-electron chi connectivity index (χ3n) is 3.25. The molecule has 1 rings (SSSR count). The summed E-state index contributed by atoms with van der Waals surface area (Å²) in [6.45, 7) is 5.51. The standard InChI is InChI=1S/C12H25N3O/c1-10(7-12(16)13-2)14-8-11-5-4-6-15(3)9-11/h10-11,14H,4-9H2,1-3H3,(H,13,16). The predicted molar refractivity (Wildman–Crippen MR) is 66.4 cm³/mol. The average Bonchev–Trinajstić information content (AvgIpc) is 2.26. The lowest BCUT2D eigenvalue weighted by Crippen LogP contribution is -2.41. The van der Waals surface area contributed by atoms with E-state index in [-0.39, 0.29) is 11.9 Å². The lowest BCUT2D eigenvalue weighted by atomic mass is 9.98. The van der Waals surface area contributed by atoms with E-state index in [2.05, 4.69) is 29.5 Å². The topological polar surface area (TPSA) is 44.4 Å². The van der Waals surface area contributed by atoms with Crippen molar-refractivity contribution in [1.82, 2.24) is 15.5 Å². The molecule has 0 saturated carbocycles. The zero-order chi connectivity index (χ0) is 12.0. The van der Waals surface area contributed by atoms with Crippen LogP contribution in [0.3, 0.4) is 0 Å².